The van der Waals surface area contributed by atoms with E-state index >= 15 is 0 Å². The van der Waals surface area contributed by atoms with Gasteiger partial charge in [0, 0.05) is 5.69 Å². The van der Waals surface area contributed by atoms with E-state index in [-0.39, 0.29) is 11.9 Å². The molecule has 1 unspecified atom stereocenters. The summed E-state index contributed by atoms with van der Waals surface area (Å²) in [5, 5.41) is 6.06. The third kappa shape index (κ3) is 3.99. The number of anilines is 2. The first kappa shape index (κ1) is 14.9. The monoisotopic (exact) mass is 284 g/mol. The Balaban J connectivity index is 2.05. The molecule has 2 N–H and O–H groups in total. The molecule has 0 aliphatic heterocycles. The third-order valence-electron chi connectivity index (χ3n) is 3.16. The number of benzene rings is 2. The predicted molar refractivity (Wildman–Crippen MR) is 85.9 cm³/mol. The Kier molecular flexibility index (Phi) is 4.82. The zero-order chi connectivity index (χ0) is 15.2. The number of nitrogens with one attached hydrogen (secondary N) is 2. The van der Waals surface area contributed by atoms with Crippen LogP contribution >= 0.6 is 0 Å². The van der Waals surface area contributed by atoms with E-state index in [4.69, 9.17) is 4.74 Å². The molecule has 2 aromatic carbocycles. The van der Waals surface area contributed by atoms with Gasteiger partial charge in [0.05, 0.1) is 12.8 Å². The van der Waals surface area contributed by atoms with Crippen LogP contribution in [0.25, 0.3) is 0 Å². The lowest BCUT2D eigenvalue weighted by Crippen LogP contribution is -2.32. The van der Waals surface area contributed by atoms with Crippen LogP contribution in [0.5, 0.6) is 5.75 Å². The molecular formula is C17H20N2O2. The van der Waals surface area contributed by atoms with Gasteiger partial charge in [-0.25, -0.2) is 0 Å². The highest BCUT2D eigenvalue weighted by molar-refractivity contribution is 5.96. The summed E-state index contributed by atoms with van der Waals surface area (Å²) in [6, 6.07) is 14.9. The van der Waals surface area contributed by atoms with Gasteiger partial charge in [0.1, 0.15) is 11.8 Å². The number of ether oxygens (including phenoxy) is 1. The molecule has 110 valence electrons. The van der Waals surface area contributed by atoms with E-state index in [9.17, 15) is 4.79 Å². The summed E-state index contributed by atoms with van der Waals surface area (Å²) in [5.74, 6) is 0.629. The van der Waals surface area contributed by atoms with Crippen LogP contribution in [-0.4, -0.2) is 19.1 Å². The number of amides is 1. The van der Waals surface area contributed by atoms with E-state index in [0.717, 1.165) is 22.7 Å². The van der Waals surface area contributed by atoms with Crippen LogP contribution in [0.4, 0.5) is 11.4 Å². The van der Waals surface area contributed by atoms with E-state index < -0.39 is 0 Å². The zero-order valence-electron chi connectivity index (χ0n) is 12.5. The smallest absolute Gasteiger partial charge is 0.246 e. The molecular weight excluding hydrogens is 264 g/mol. The van der Waals surface area contributed by atoms with Gasteiger partial charge in [0.15, 0.2) is 0 Å². The molecule has 0 bridgehead atoms. The maximum atomic E-state index is 12.2. The molecule has 1 amide bonds. The van der Waals surface area contributed by atoms with Gasteiger partial charge in [-0.1, -0.05) is 24.3 Å². The number of hydrogen-bond acceptors (Lipinski definition) is 3. The Morgan fingerprint density at radius 1 is 1.14 bits per heavy atom. The van der Waals surface area contributed by atoms with Crippen molar-refractivity contribution in [1.82, 2.24) is 0 Å². The first-order chi connectivity index (χ1) is 10.1. The normalized spacial score (nSPS) is 11.6. The second kappa shape index (κ2) is 6.79. The lowest BCUT2D eigenvalue weighted by molar-refractivity contribution is -0.116. The van der Waals surface area contributed by atoms with Crippen molar-refractivity contribution in [2.24, 2.45) is 0 Å². The molecule has 21 heavy (non-hydrogen) atoms. The summed E-state index contributed by atoms with van der Waals surface area (Å²) >= 11 is 0. The fourth-order valence-corrected chi connectivity index (χ4v) is 2.01. The average Bonchev–Trinajstić information content (AvgIpc) is 2.48. The van der Waals surface area contributed by atoms with E-state index in [1.165, 1.54) is 0 Å². The predicted octanol–water partition coefficient (Wildman–Crippen LogP) is 3.44. The maximum Gasteiger partial charge on any atom is 0.246 e. The van der Waals surface area contributed by atoms with Crippen molar-refractivity contribution in [3.05, 3.63) is 54.1 Å². The molecule has 2 aromatic rings. The molecule has 0 fully saturated rings. The number of hydrogen-bond donors (Lipinski definition) is 2. The van der Waals surface area contributed by atoms with Gasteiger partial charge >= 0.3 is 0 Å². The molecule has 0 heterocycles. The topological polar surface area (TPSA) is 50.4 Å². The third-order valence-corrected chi connectivity index (χ3v) is 3.16. The van der Waals surface area contributed by atoms with Gasteiger partial charge in [-0.3, -0.25) is 4.79 Å². The number of carbonyl (C=O) groups excluding carboxylic acids is 1. The fraction of sp³-hybridized carbons (Fsp3) is 0.235. The van der Waals surface area contributed by atoms with E-state index in [2.05, 4.69) is 10.6 Å². The van der Waals surface area contributed by atoms with Crippen LogP contribution in [0.15, 0.2) is 48.5 Å². The van der Waals surface area contributed by atoms with Crippen molar-refractivity contribution in [2.45, 2.75) is 19.9 Å². The maximum absolute atomic E-state index is 12.2. The molecule has 4 heteroatoms. The number of methoxy groups -OCH3 is 1. The summed E-state index contributed by atoms with van der Waals surface area (Å²) in [5.41, 5.74) is 2.70. The first-order valence-corrected chi connectivity index (χ1v) is 6.87. The largest absolute Gasteiger partial charge is 0.495 e. The summed E-state index contributed by atoms with van der Waals surface area (Å²) < 4.78 is 5.31. The molecule has 0 aromatic heterocycles. The molecule has 0 saturated heterocycles. The van der Waals surface area contributed by atoms with E-state index in [1.807, 2.05) is 62.4 Å². The molecule has 4 nitrogen and oxygen atoms in total. The summed E-state index contributed by atoms with van der Waals surface area (Å²) in [6.45, 7) is 3.82. The Morgan fingerprint density at radius 2 is 1.86 bits per heavy atom. The lowest BCUT2D eigenvalue weighted by Gasteiger charge is -2.17. The minimum absolute atomic E-state index is 0.0928. The molecule has 2 rings (SSSR count). The number of aryl methyl sites for hydroxylation is 1. The summed E-state index contributed by atoms with van der Waals surface area (Å²) in [7, 11) is 1.62. The summed E-state index contributed by atoms with van der Waals surface area (Å²) in [4.78, 5) is 12.2. The summed E-state index contributed by atoms with van der Waals surface area (Å²) in [6.07, 6.45) is 0. The highest BCUT2D eigenvalue weighted by Gasteiger charge is 2.14. The van der Waals surface area contributed by atoms with Gasteiger partial charge in [0.25, 0.3) is 0 Å². The van der Waals surface area contributed by atoms with Crippen molar-refractivity contribution in [2.75, 3.05) is 17.7 Å². The lowest BCUT2D eigenvalue weighted by atomic mass is 10.2. The van der Waals surface area contributed by atoms with Crippen molar-refractivity contribution in [3.8, 4) is 5.75 Å². The van der Waals surface area contributed by atoms with Gasteiger partial charge in [-0.2, -0.15) is 0 Å². The Labute approximate surface area is 125 Å². The standard InChI is InChI=1S/C17H20N2O2/c1-12-9-10-16(21-3)15(11-12)18-13(2)17(20)19-14-7-5-4-6-8-14/h4-11,13,18H,1-3H3,(H,19,20). The van der Waals surface area contributed by atoms with Crippen molar-refractivity contribution < 1.29 is 9.53 Å². The highest BCUT2D eigenvalue weighted by atomic mass is 16.5. The SMILES string of the molecule is COc1ccc(C)cc1NC(C)C(=O)Nc1ccccc1. The Morgan fingerprint density at radius 3 is 2.52 bits per heavy atom. The van der Waals surface area contributed by atoms with Crippen LogP contribution in [0.3, 0.4) is 0 Å². The molecule has 1 atom stereocenters. The van der Waals surface area contributed by atoms with Gasteiger partial charge in [-0.05, 0) is 43.7 Å². The van der Waals surface area contributed by atoms with Crippen molar-refractivity contribution in [1.29, 1.82) is 0 Å². The first-order valence-electron chi connectivity index (χ1n) is 6.87. The molecule has 0 saturated carbocycles. The number of carbonyl (C=O) groups is 1. The Bertz CT molecular complexity index is 611. The zero-order valence-corrected chi connectivity index (χ0v) is 12.5. The van der Waals surface area contributed by atoms with Gasteiger partial charge in [-0.15, -0.1) is 0 Å². The molecule has 0 aliphatic rings. The minimum atomic E-state index is -0.374. The van der Waals surface area contributed by atoms with Crippen LogP contribution in [0.1, 0.15) is 12.5 Å². The van der Waals surface area contributed by atoms with Crippen LogP contribution in [0.2, 0.25) is 0 Å². The second-order valence-corrected chi connectivity index (χ2v) is 4.93. The van der Waals surface area contributed by atoms with Crippen LogP contribution < -0.4 is 15.4 Å². The van der Waals surface area contributed by atoms with Crippen LogP contribution in [-0.2, 0) is 4.79 Å². The average molecular weight is 284 g/mol. The second-order valence-electron chi connectivity index (χ2n) is 4.93. The van der Waals surface area contributed by atoms with Gasteiger partial charge in [0.2, 0.25) is 5.91 Å². The van der Waals surface area contributed by atoms with Crippen molar-refractivity contribution >= 4 is 17.3 Å². The number of para-hydroxylation sites is 1. The van der Waals surface area contributed by atoms with E-state index in [1.54, 1.807) is 7.11 Å². The van der Waals surface area contributed by atoms with E-state index in [0.29, 0.717) is 0 Å². The molecule has 0 spiro atoms. The quantitative estimate of drug-likeness (QED) is 0.884. The molecule has 0 radical (unpaired) electrons. The number of rotatable bonds is 5. The highest BCUT2D eigenvalue weighted by Crippen LogP contribution is 2.26. The van der Waals surface area contributed by atoms with Gasteiger partial charge < -0.3 is 15.4 Å². The van der Waals surface area contributed by atoms with Crippen LogP contribution in [0, 0.1) is 6.92 Å². The van der Waals surface area contributed by atoms with Crippen molar-refractivity contribution in [3.63, 3.8) is 0 Å². The molecule has 0 aliphatic carbocycles. The minimum Gasteiger partial charge on any atom is -0.495 e. The Hall–Kier alpha value is -2.49. The fourth-order valence-electron chi connectivity index (χ4n) is 2.01.